The van der Waals surface area contributed by atoms with Crippen LogP contribution in [0.15, 0.2) is 47.5 Å². The zero-order valence-corrected chi connectivity index (χ0v) is 13.9. The zero-order valence-electron chi connectivity index (χ0n) is 13.9. The molecule has 0 radical (unpaired) electrons. The van der Waals surface area contributed by atoms with Crippen LogP contribution in [0, 0.1) is 13.8 Å². The number of carbonyl (C=O) groups excluding carboxylic acids is 1. The Balaban J connectivity index is 2.31. The zero-order chi connectivity index (χ0) is 17.3. The summed E-state index contributed by atoms with van der Waals surface area (Å²) in [6.45, 7) is 5.63. The van der Waals surface area contributed by atoms with Crippen molar-refractivity contribution in [2.75, 3.05) is 6.61 Å². The third-order valence-corrected chi connectivity index (χ3v) is 4.01. The van der Waals surface area contributed by atoms with E-state index in [1.54, 1.807) is 19.9 Å². The summed E-state index contributed by atoms with van der Waals surface area (Å²) < 4.78 is 6.61. The number of ether oxygens (including phenoxy) is 1. The van der Waals surface area contributed by atoms with Crippen LogP contribution in [0.3, 0.4) is 0 Å². The van der Waals surface area contributed by atoms with Gasteiger partial charge in [-0.2, -0.15) is 0 Å². The molecule has 0 unspecified atom stereocenters. The molecule has 1 aromatic heterocycles. The highest BCUT2D eigenvalue weighted by Crippen LogP contribution is 2.23. The first-order chi connectivity index (χ1) is 11.5. The lowest BCUT2D eigenvalue weighted by Crippen LogP contribution is -2.21. The third kappa shape index (κ3) is 2.58. The molecule has 0 spiro atoms. The number of carbonyl (C=O) groups is 1. The number of nitrogens with zero attached hydrogens (tertiary/aromatic N) is 2. The molecule has 0 fully saturated rings. The van der Waals surface area contributed by atoms with Crippen molar-refractivity contribution in [3.8, 4) is 5.69 Å². The molecule has 0 aliphatic rings. The minimum absolute atomic E-state index is 0.200. The van der Waals surface area contributed by atoms with Gasteiger partial charge in [-0.15, -0.1) is 0 Å². The predicted molar refractivity (Wildman–Crippen MR) is 92.8 cm³/mol. The van der Waals surface area contributed by atoms with Gasteiger partial charge in [-0.05, 0) is 50.1 Å². The van der Waals surface area contributed by atoms with Gasteiger partial charge in [0.1, 0.15) is 6.33 Å². The maximum absolute atomic E-state index is 13.0. The van der Waals surface area contributed by atoms with E-state index in [9.17, 15) is 9.59 Å². The Morgan fingerprint density at radius 2 is 1.92 bits per heavy atom. The molecule has 0 amide bonds. The van der Waals surface area contributed by atoms with Crippen LogP contribution in [-0.4, -0.2) is 22.1 Å². The summed E-state index contributed by atoms with van der Waals surface area (Å²) in [4.78, 5) is 29.6. The molecule has 5 nitrogen and oxygen atoms in total. The summed E-state index contributed by atoms with van der Waals surface area (Å²) in [5.74, 6) is -0.413. The summed E-state index contributed by atoms with van der Waals surface area (Å²) in [5, 5.41) is 0.440. The first-order valence-corrected chi connectivity index (χ1v) is 7.78. The molecule has 122 valence electrons. The summed E-state index contributed by atoms with van der Waals surface area (Å²) in [5.41, 5.74) is 2.90. The Bertz CT molecular complexity index is 975. The first kappa shape index (κ1) is 15.9. The average molecular weight is 322 g/mol. The van der Waals surface area contributed by atoms with Gasteiger partial charge in [-0.1, -0.05) is 18.2 Å². The SMILES string of the molecule is CCOC(=O)c1c(C)cc2ncn(-c3ccccc3)c(=O)c2c1C. The van der Waals surface area contributed by atoms with E-state index in [1.165, 1.54) is 10.9 Å². The molecule has 0 saturated carbocycles. The molecule has 1 heterocycles. The highest BCUT2D eigenvalue weighted by atomic mass is 16.5. The van der Waals surface area contributed by atoms with Gasteiger partial charge in [-0.25, -0.2) is 9.78 Å². The van der Waals surface area contributed by atoms with Crippen LogP contribution in [0.1, 0.15) is 28.4 Å². The van der Waals surface area contributed by atoms with Gasteiger partial charge in [0, 0.05) is 0 Å². The van der Waals surface area contributed by atoms with Crippen LogP contribution in [0.25, 0.3) is 16.6 Å². The van der Waals surface area contributed by atoms with Crippen molar-refractivity contribution in [2.45, 2.75) is 20.8 Å². The van der Waals surface area contributed by atoms with E-state index >= 15 is 0 Å². The van der Waals surface area contributed by atoms with Gasteiger partial charge in [-0.3, -0.25) is 9.36 Å². The molecule has 0 aliphatic heterocycles. The van der Waals surface area contributed by atoms with E-state index < -0.39 is 5.97 Å². The number of hydrogen-bond acceptors (Lipinski definition) is 4. The normalized spacial score (nSPS) is 10.8. The Morgan fingerprint density at radius 1 is 1.21 bits per heavy atom. The number of aryl methyl sites for hydroxylation is 2. The molecule has 3 aromatic rings. The maximum atomic E-state index is 13.0. The van der Waals surface area contributed by atoms with E-state index in [-0.39, 0.29) is 12.2 Å². The van der Waals surface area contributed by atoms with Crippen LogP contribution in [-0.2, 0) is 4.74 Å². The van der Waals surface area contributed by atoms with E-state index in [2.05, 4.69) is 4.98 Å². The molecule has 24 heavy (non-hydrogen) atoms. The molecule has 0 aliphatic carbocycles. The van der Waals surface area contributed by atoms with Crippen molar-refractivity contribution < 1.29 is 9.53 Å². The first-order valence-electron chi connectivity index (χ1n) is 7.78. The molecular weight excluding hydrogens is 304 g/mol. The average Bonchev–Trinajstić information content (AvgIpc) is 2.55. The van der Waals surface area contributed by atoms with Gasteiger partial charge in [0.25, 0.3) is 5.56 Å². The Labute approximate surface area is 139 Å². The number of para-hydroxylation sites is 1. The molecule has 0 bridgehead atoms. The fourth-order valence-electron chi connectivity index (χ4n) is 2.92. The second-order valence-corrected chi connectivity index (χ2v) is 5.56. The lowest BCUT2D eigenvalue weighted by Gasteiger charge is -2.13. The maximum Gasteiger partial charge on any atom is 0.338 e. The van der Waals surface area contributed by atoms with Gasteiger partial charge in [0.15, 0.2) is 0 Å². The number of rotatable bonds is 3. The number of hydrogen-bond donors (Lipinski definition) is 0. The Hall–Kier alpha value is -2.95. The van der Waals surface area contributed by atoms with Crippen LogP contribution in [0.2, 0.25) is 0 Å². The van der Waals surface area contributed by atoms with Crippen molar-refractivity contribution in [3.63, 3.8) is 0 Å². The number of aromatic nitrogens is 2. The van der Waals surface area contributed by atoms with E-state index in [4.69, 9.17) is 4.74 Å². The van der Waals surface area contributed by atoms with Crippen molar-refractivity contribution in [2.24, 2.45) is 0 Å². The van der Waals surface area contributed by atoms with E-state index in [1.807, 2.05) is 37.3 Å². The van der Waals surface area contributed by atoms with Crippen LogP contribution < -0.4 is 5.56 Å². The van der Waals surface area contributed by atoms with E-state index in [0.717, 1.165) is 11.3 Å². The van der Waals surface area contributed by atoms with Gasteiger partial charge < -0.3 is 4.74 Å². The van der Waals surface area contributed by atoms with Crippen molar-refractivity contribution in [1.29, 1.82) is 0 Å². The molecular formula is C19H18N2O3. The standard InChI is InChI=1S/C19H18N2O3/c1-4-24-19(23)16-12(2)10-15-17(13(16)3)18(22)21(11-20-15)14-8-6-5-7-9-14/h5-11H,4H2,1-3H3. The minimum Gasteiger partial charge on any atom is -0.462 e. The second kappa shape index (κ2) is 6.28. The topological polar surface area (TPSA) is 61.2 Å². The Morgan fingerprint density at radius 3 is 2.58 bits per heavy atom. The molecule has 0 atom stereocenters. The van der Waals surface area contributed by atoms with Gasteiger partial charge in [0.2, 0.25) is 0 Å². The third-order valence-electron chi connectivity index (χ3n) is 4.01. The molecule has 2 aromatic carbocycles. The summed E-state index contributed by atoms with van der Waals surface area (Å²) >= 11 is 0. The van der Waals surface area contributed by atoms with Gasteiger partial charge in [0.05, 0.1) is 28.8 Å². The summed E-state index contributed by atoms with van der Waals surface area (Å²) in [7, 11) is 0. The predicted octanol–water partition coefficient (Wildman–Crippen LogP) is 3.18. The fraction of sp³-hybridized carbons (Fsp3) is 0.211. The van der Waals surface area contributed by atoms with Crippen molar-refractivity contribution in [3.05, 3.63) is 69.8 Å². The van der Waals surface area contributed by atoms with Crippen molar-refractivity contribution in [1.82, 2.24) is 9.55 Å². The summed E-state index contributed by atoms with van der Waals surface area (Å²) in [6.07, 6.45) is 1.52. The van der Waals surface area contributed by atoms with Gasteiger partial charge >= 0.3 is 5.97 Å². The van der Waals surface area contributed by atoms with Crippen LogP contribution >= 0.6 is 0 Å². The molecule has 3 rings (SSSR count). The fourth-order valence-corrected chi connectivity index (χ4v) is 2.92. The molecule has 5 heteroatoms. The molecule has 0 N–H and O–H groups in total. The number of benzene rings is 2. The number of fused-ring (bicyclic) bond motifs is 1. The monoisotopic (exact) mass is 322 g/mol. The number of esters is 1. The lowest BCUT2D eigenvalue weighted by molar-refractivity contribution is 0.0525. The Kier molecular flexibility index (Phi) is 4.16. The summed E-state index contributed by atoms with van der Waals surface area (Å²) in [6, 6.07) is 11.0. The van der Waals surface area contributed by atoms with Crippen molar-refractivity contribution >= 4 is 16.9 Å². The van der Waals surface area contributed by atoms with Crippen LogP contribution in [0.4, 0.5) is 0 Å². The smallest absolute Gasteiger partial charge is 0.338 e. The largest absolute Gasteiger partial charge is 0.462 e. The lowest BCUT2D eigenvalue weighted by atomic mass is 9.98. The van der Waals surface area contributed by atoms with Crippen LogP contribution in [0.5, 0.6) is 0 Å². The highest BCUT2D eigenvalue weighted by molar-refractivity contribution is 5.99. The minimum atomic E-state index is -0.413. The highest BCUT2D eigenvalue weighted by Gasteiger charge is 2.19. The van der Waals surface area contributed by atoms with E-state index in [0.29, 0.717) is 22.0 Å². The quantitative estimate of drug-likeness (QED) is 0.695. The molecule has 0 saturated heterocycles. The second-order valence-electron chi connectivity index (χ2n) is 5.56.